The molecule has 0 saturated carbocycles. The van der Waals surface area contributed by atoms with E-state index < -0.39 is 11.7 Å². The summed E-state index contributed by atoms with van der Waals surface area (Å²) >= 11 is 0. The van der Waals surface area contributed by atoms with Gasteiger partial charge in [-0.05, 0) is 73.2 Å². The van der Waals surface area contributed by atoms with Gasteiger partial charge in [0.15, 0.2) is 0 Å². The quantitative estimate of drug-likeness (QED) is 0.493. The Kier molecular flexibility index (Phi) is 7.13. The zero-order chi connectivity index (χ0) is 22.4. The molecule has 6 heteroatoms. The number of benzene rings is 3. The number of alkyl halides is 3. The fourth-order valence-electron chi connectivity index (χ4n) is 3.31. The van der Waals surface area contributed by atoms with Gasteiger partial charge in [0.25, 0.3) is 0 Å². The molecular formula is C25H25F3N2O. The lowest BCUT2D eigenvalue weighted by Crippen LogP contribution is -2.29. The molecule has 0 saturated heterocycles. The van der Waals surface area contributed by atoms with E-state index >= 15 is 0 Å². The van der Waals surface area contributed by atoms with E-state index in [-0.39, 0.29) is 11.9 Å². The van der Waals surface area contributed by atoms with Crippen LogP contribution in [0.4, 0.5) is 13.2 Å². The van der Waals surface area contributed by atoms with Crippen molar-refractivity contribution in [2.45, 2.75) is 18.6 Å². The number of rotatable bonds is 7. The first-order chi connectivity index (χ1) is 14.7. The molecule has 31 heavy (non-hydrogen) atoms. The van der Waals surface area contributed by atoms with Crippen LogP contribution in [0.25, 0.3) is 16.8 Å². The van der Waals surface area contributed by atoms with Crippen LogP contribution in [0, 0.1) is 0 Å². The van der Waals surface area contributed by atoms with Gasteiger partial charge in [-0.25, -0.2) is 0 Å². The summed E-state index contributed by atoms with van der Waals surface area (Å²) in [4.78, 5) is 14.6. The van der Waals surface area contributed by atoms with Gasteiger partial charge in [0, 0.05) is 6.08 Å². The van der Waals surface area contributed by atoms with E-state index in [1.807, 2.05) is 50.5 Å². The number of nitrogens with zero attached hydrogens (tertiary/aromatic N) is 1. The SMILES string of the molecule is CN(C)CCC(NC(=O)/C=C/c1ccc(C(F)(F)F)cc1)c1ccc2ccccc2c1. The van der Waals surface area contributed by atoms with Crippen LogP contribution in [0.15, 0.2) is 72.8 Å². The Balaban J connectivity index is 1.73. The molecule has 1 amide bonds. The average molecular weight is 426 g/mol. The molecule has 0 bridgehead atoms. The lowest BCUT2D eigenvalue weighted by Gasteiger charge is -2.21. The largest absolute Gasteiger partial charge is 0.416 e. The van der Waals surface area contributed by atoms with Crippen molar-refractivity contribution in [3.63, 3.8) is 0 Å². The van der Waals surface area contributed by atoms with Crippen molar-refractivity contribution in [3.8, 4) is 0 Å². The fourth-order valence-corrected chi connectivity index (χ4v) is 3.31. The summed E-state index contributed by atoms with van der Waals surface area (Å²) < 4.78 is 38.0. The van der Waals surface area contributed by atoms with Crippen LogP contribution >= 0.6 is 0 Å². The molecule has 0 spiro atoms. The molecule has 3 nitrogen and oxygen atoms in total. The molecule has 0 fully saturated rings. The average Bonchev–Trinajstić information content (AvgIpc) is 2.74. The van der Waals surface area contributed by atoms with Gasteiger partial charge in [0.2, 0.25) is 5.91 Å². The first-order valence-electron chi connectivity index (χ1n) is 10.0. The zero-order valence-electron chi connectivity index (χ0n) is 17.5. The monoisotopic (exact) mass is 426 g/mol. The van der Waals surface area contributed by atoms with Crippen LogP contribution in [-0.4, -0.2) is 31.4 Å². The van der Waals surface area contributed by atoms with Gasteiger partial charge in [0.1, 0.15) is 0 Å². The summed E-state index contributed by atoms with van der Waals surface area (Å²) in [5.74, 6) is -0.295. The zero-order valence-corrected chi connectivity index (χ0v) is 17.5. The Hall–Kier alpha value is -3.12. The Labute approximate surface area is 180 Å². The molecule has 0 radical (unpaired) electrons. The van der Waals surface area contributed by atoms with Crippen LogP contribution < -0.4 is 5.32 Å². The van der Waals surface area contributed by atoms with E-state index in [2.05, 4.69) is 16.3 Å². The molecule has 1 unspecified atom stereocenters. The predicted molar refractivity (Wildman–Crippen MR) is 118 cm³/mol. The molecule has 3 rings (SSSR count). The minimum atomic E-state index is -4.38. The van der Waals surface area contributed by atoms with Crippen LogP contribution in [0.5, 0.6) is 0 Å². The third-order valence-electron chi connectivity index (χ3n) is 5.02. The van der Waals surface area contributed by atoms with Crippen molar-refractivity contribution in [2.24, 2.45) is 0 Å². The third-order valence-corrected chi connectivity index (χ3v) is 5.02. The molecule has 162 valence electrons. The maximum absolute atomic E-state index is 12.7. The molecule has 3 aromatic carbocycles. The molecule has 1 atom stereocenters. The van der Waals surface area contributed by atoms with Crippen LogP contribution in [0.2, 0.25) is 0 Å². The fraction of sp³-hybridized carbons (Fsp3) is 0.240. The number of fused-ring (bicyclic) bond motifs is 1. The van der Waals surface area contributed by atoms with Crippen molar-refractivity contribution >= 4 is 22.8 Å². The number of hydrogen-bond donors (Lipinski definition) is 1. The van der Waals surface area contributed by atoms with Crippen molar-refractivity contribution in [3.05, 3.63) is 89.5 Å². The molecule has 0 heterocycles. The predicted octanol–water partition coefficient (Wildman–Crippen LogP) is 5.68. The van der Waals surface area contributed by atoms with Gasteiger partial charge < -0.3 is 10.2 Å². The molecular weight excluding hydrogens is 401 g/mol. The summed E-state index contributed by atoms with van der Waals surface area (Å²) in [6.45, 7) is 0.792. The highest BCUT2D eigenvalue weighted by Crippen LogP contribution is 2.29. The Morgan fingerprint density at radius 2 is 1.68 bits per heavy atom. The summed E-state index contributed by atoms with van der Waals surface area (Å²) in [5, 5.41) is 5.26. The van der Waals surface area contributed by atoms with E-state index in [9.17, 15) is 18.0 Å². The van der Waals surface area contributed by atoms with Gasteiger partial charge in [-0.2, -0.15) is 13.2 Å². The molecule has 1 N–H and O–H groups in total. The summed E-state index contributed by atoms with van der Waals surface area (Å²) in [6, 6.07) is 18.7. The van der Waals surface area contributed by atoms with Gasteiger partial charge in [-0.1, -0.05) is 48.5 Å². The summed E-state index contributed by atoms with van der Waals surface area (Å²) in [5.41, 5.74) is 0.824. The molecule has 0 aliphatic heterocycles. The van der Waals surface area contributed by atoms with Gasteiger partial charge in [-0.3, -0.25) is 4.79 Å². The van der Waals surface area contributed by atoms with Crippen LogP contribution in [0.3, 0.4) is 0 Å². The lowest BCUT2D eigenvalue weighted by atomic mass is 9.99. The van der Waals surface area contributed by atoms with E-state index in [1.54, 1.807) is 0 Å². The van der Waals surface area contributed by atoms with Gasteiger partial charge in [0.05, 0.1) is 11.6 Å². The first-order valence-corrected chi connectivity index (χ1v) is 10.0. The second-order valence-electron chi connectivity index (χ2n) is 7.71. The topological polar surface area (TPSA) is 32.3 Å². The normalized spacial score (nSPS) is 13.1. The van der Waals surface area contributed by atoms with E-state index in [1.165, 1.54) is 24.3 Å². The van der Waals surface area contributed by atoms with E-state index in [0.717, 1.165) is 41.4 Å². The third kappa shape index (κ3) is 6.43. The maximum Gasteiger partial charge on any atom is 0.416 e. The summed E-state index contributed by atoms with van der Waals surface area (Å²) in [7, 11) is 3.95. The number of carbonyl (C=O) groups is 1. The maximum atomic E-state index is 12.7. The molecule has 0 aliphatic rings. The van der Waals surface area contributed by atoms with Crippen LogP contribution in [-0.2, 0) is 11.0 Å². The standard InChI is InChI=1S/C25H25F3N2O/c1-30(2)16-15-23(21-11-10-19-5-3-4-6-20(19)17-21)29-24(31)14-9-18-7-12-22(13-8-18)25(26,27)28/h3-14,17,23H,15-16H2,1-2H3,(H,29,31)/b14-9+. The molecule has 0 aromatic heterocycles. The van der Waals surface area contributed by atoms with Crippen molar-refractivity contribution in [2.75, 3.05) is 20.6 Å². The Morgan fingerprint density at radius 3 is 2.32 bits per heavy atom. The van der Waals surface area contributed by atoms with Crippen molar-refractivity contribution in [1.29, 1.82) is 0 Å². The van der Waals surface area contributed by atoms with Crippen molar-refractivity contribution in [1.82, 2.24) is 10.2 Å². The number of halogens is 3. The lowest BCUT2D eigenvalue weighted by molar-refractivity contribution is -0.137. The smallest absolute Gasteiger partial charge is 0.346 e. The minimum Gasteiger partial charge on any atom is -0.346 e. The van der Waals surface area contributed by atoms with Gasteiger partial charge in [-0.15, -0.1) is 0 Å². The number of carbonyl (C=O) groups excluding carboxylic acids is 1. The van der Waals surface area contributed by atoms with Crippen LogP contribution in [0.1, 0.15) is 29.2 Å². The number of hydrogen-bond acceptors (Lipinski definition) is 2. The minimum absolute atomic E-state index is 0.184. The second-order valence-corrected chi connectivity index (χ2v) is 7.71. The number of amides is 1. The number of nitrogens with one attached hydrogen (secondary N) is 1. The Morgan fingerprint density at radius 1 is 1.00 bits per heavy atom. The highest BCUT2D eigenvalue weighted by atomic mass is 19.4. The van der Waals surface area contributed by atoms with E-state index in [4.69, 9.17) is 0 Å². The van der Waals surface area contributed by atoms with Crippen molar-refractivity contribution < 1.29 is 18.0 Å². The molecule has 3 aromatic rings. The summed E-state index contributed by atoms with van der Waals surface area (Å²) in [6.07, 6.45) is -0.782. The molecule has 0 aliphatic carbocycles. The highest BCUT2D eigenvalue weighted by Gasteiger charge is 2.29. The first kappa shape index (κ1) is 22.6. The highest BCUT2D eigenvalue weighted by molar-refractivity contribution is 5.92. The Bertz CT molecular complexity index is 1060. The van der Waals surface area contributed by atoms with Gasteiger partial charge >= 0.3 is 6.18 Å². The second kappa shape index (κ2) is 9.79. The van der Waals surface area contributed by atoms with E-state index in [0.29, 0.717) is 5.56 Å².